The van der Waals surface area contributed by atoms with Gasteiger partial charge < -0.3 is 4.74 Å². The smallest absolute Gasteiger partial charge is 0.335 e. The van der Waals surface area contributed by atoms with Crippen molar-refractivity contribution >= 4 is 39.6 Å². The van der Waals surface area contributed by atoms with Crippen LogP contribution in [0.25, 0.3) is 22.0 Å². The van der Waals surface area contributed by atoms with Gasteiger partial charge in [0.25, 0.3) is 0 Å². The van der Waals surface area contributed by atoms with Crippen LogP contribution in [0.2, 0.25) is 5.02 Å². The van der Waals surface area contributed by atoms with Gasteiger partial charge in [-0.3, -0.25) is 5.10 Å². The molecule has 4 nitrogen and oxygen atoms in total. The Bertz CT molecular complexity index is 1290. The molecule has 0 saturated heterocycles. The second-order valence-corrected chi connectivity index (χ2v) is 7.39. The number of allylic oxidation sites excluding steroid dienone is 1. The summed E-state index contributed by atoms with van der Waals surface area (Å²) in [6.45, 7) is 5.62. The van der Waals surface area contributed by atoms with Gasteiger partial charge in [0.05, 0.1) is 16.7 Å². The van der Waals surface area contributed by atoms with Crippen LogP contribution in [0.3, 0.4) is 0 Å². The number of hydrogen-bond donors (Lipinski definition) is 1. The van der Waals surface area contributed by atoms with Crippen molar-refractivity contribution in [2.24, 2.45) is 0 Å². The molecule has 1 aromatic heterocycles. The van der Waals surface area contributed by atoms with E-state index < -0.39 is 5.97 Å². The van der Waals surface area contributed by atoms with Crippen LogP contribution < -0.4 is 4.74 Å². The highest BCUT2D eigenvalue weighted by Gasteiger charge is 2.19. The van der Waals surface area contributed by atoms with E-state index >= 15 is 0 Å². The lowest BCUT2D eigenvalue weighted by atomic mass is 9.87. The Labute approximate surface area is 185 Å². The van der Waals surface area contributed by atoms with Gasteiger partial charge in [-0.2, -0.15) is 5.10 Å². The first-order chi connectivity index (χ1) is 15.1. The monoisotopic (exact) mass is 428 g/mol. The Kier molecular flexibility index (Phi) is 6.01. The molecule has 0 aliphatic carbocycles. The van der Waals surface area contributed by atoms with Crippen LogP contribution >= 0.6 is 11.6 Å². The molecule has 154 valence electrons. The Balaban J connectivity index is 2.04. The third kappa shape index (κ3) is 4.16. The molecule has 31 heavy (non-hydrogen) atoms. The zero-order valence-corrected chi connectivity index (χ0v) is 17.8. The average Bonchev–Trinajstić information content (AvgIpc) is 3.28. The van der Waals surface area contributed by atoms with Crippen LogP contribution in [0, 0.1) is 0 Å². The number of para-hydroxylation sites is 1. The second-order valence-electron chi connectivity index (χ2n) is 6.99. The molecule has 5 heteroatoms. The molecule has 0 unspecified atom stereocenters. The van der Waals surface area contributed by atoms with Crippen molar-refractivity contribution in [3.8, 4) is 5.75 Å². The largest absolute Gasteiger partial charge is 0.423 e. The average molecular weight is 429 g/mol. The number of fused-ring (bicyclic) bond motifs is 1. The number of halogens is 1. The molecule has 4 aromatic rings. The normalized spacial score (nSPS) is 11.8. The van der Waals surface area contributed by atoms with Gasteiger partial charge in [0.1, 0.15) is 5.75 Å². The van der Waals surface area contributed by atoms with Gasteiger partial charge in [-0.05, 0) is 46.9 Å². The number of aromatic nitrogens is 2. The van der Waals surface area contributed by atoms with Crippen LogP contribution in [-0.4, -0.2) is 16.2 Å². The molecule has 1 heterocycles. The van der Waals surface area contributed by atoms with Crippen LogP contribution in [0.4, 0.5) is 0 Å². The molecule has 0 atom stereocenters. The van der Waals surface area contributed by atoms with E-state index in [1.165, 1.54) is 0 Å². The number of carbonyl (C=O) groups excluding carboxylic acids is 1. The standard InChI is InChI=1S/C26H21ClN2O2/c1-3-20(17-10-6-5-7-11-17)25(18-14-19-16-28-29-26(19)22(27)15-18)21-12-8-9-13-23(21)31-24(30)4-2/h4-16H,2-3H2,1H3,(H,28,29)/b25-20+. The zero-order chi connectivity index (χ0) is 21.8. The van der Waals surface area contributed by atoms with E-state index in [0.717, 1.165) is 51.2 Å². The molecule has 3 aromatic carbocycles. The van der Waals surface area contributed by atoms with Crippen LogP contribution in [0.15, 0.2) is 85.6 Å². The lowest BCUT2D eigenvalue weighted by molar-refractivity contribution is -0.128. The summed E-state index contributed by atoms with van der Waals surface area (Å²) in [5, 5.41) is 8.54. The number of esters is 1. The SMILES string of the molecule is C=CC(=O)Oc1ccccc1/C(=C(\CC)c1ccccc1)c1cc(Cl)c2[nH]ncc2c1. The molecular weight excluding hydrogens is 408 g/mol. The van der Waals surface area contributed by atoms with Crippen molar-refractivity contribution in [2.45, 2.75) is 13.3 Å². The predicted molar refractivity (Wildman–Crippen MR) is 126 cm³/mol. The minimum atomic E-state index is -0.507. The van der Waals surface area contributed by atoms with E-state index in [2.05, 4.69) is 35.8 Å². The maximum atomic E-state index is 12.0. The van der Waals surface area contributed by atoms with Gasteiger partial charge in [-0.15, -0.1) is 0 Å². The highest BCUT2D eigenvalue weighted by atomic mass is 35.5. The molecule has 0 aliphatic rings. The summed E-state index contributed by atoms with van der Waals surface area (Å²) < 4.78 is 5.59. The summed E-state index contributed by atoms with van der Waals surface area (Å²) in [6, 6.07) is 21.6. The van der Waals surface area contributed by atoms with Crippen molar-refractivity contribution in [1.82, 2.24) is 10.2 Å². The lowest BCUT2D eigenvalue weighted by Gasteiger charge is -2.19. The quantitative estimate of drug-likeness (QED) is 0.161. The summed E-state index contributed by atoms with van der Waals surface area (Å²) in [6.07, 6.45) is 3.68. The fraction of sp³-hybridized carbons (Fsp3) is 0.0769. The van der Waals surface area contributed by atoms with Crippen molar-refractivity contribution in [1.29, 1.82) is 0 Å². The molecule has 0 spiro atoms. The van der Waals surface area contributed by atoms with Crippen LogP contribution in [0.1, 0.15) is 30.0 Å². The van der Waals surface area contributed by atoms with Crippen molar-refractivity contribution in [3.63, 3.8) is 0 Å². The van der Waals surface area contributed by atoms with Crippen LogP contribution in [-0.2, 0) is 4.79 Å². The number of nitrogens with zero attached hydrogens (tertiary/aromatic N) is 1. The number of nitrogens with one attached hydrogen (secondary N) is 1. The van der Waals surface area contributed by atoms with E-state index in [-0.39, 0.29) is 0 Å². The molecule has 0 fully saturated rings. The fourth-order valence-electron chi connectivity index (χ4n) is 3.73. The van der Waals surface area contributed by atoms with Gasteiger partial charge in [0, 0.05) is 17.0 Å². The number of hydrogen-bond acceptors (Lipinski definition) is 3. The molecule has 1 N–H and O–H groups in total. The topological polar surface area (TPSA) is 55.0 Å². The number of benzene rings is 3. The van der Waals surface area contributed by atoms with Crippen molar-refractivity contribution in [3.05, 3.63) is 107 Å². The summed E-state index contributed by atoms with van der Waals surface area (Å²) in [4.78, 5) is 12.0. The summed E-state index contributed by atoms with van der Waals surface area (Å²) in [7, 11) is 0. The lowest BCUT2D eigenvalue weighted by Crippen LogP contribution is -2.06. The zero-order valence-electron chi connectivity index (χ0n) is 17.1. The fourth-order valence-corrected chi connectivity index (χ4v) is 4.00. The minimum Gasteiger partial charge on any atom is -0.423 e. The maximum Gasteiger partial charge on any atom is 0.335 e. The Morgan fingerprint density at radius 1 is 1.10 bits per heavy atom. The maximum absolute atomic E-state index is 12.0. The van der Waals surface area contributed by atoms with E-state index in [9.17, 15) is 4.79 Å². The second kappa shape index (κ2) is 9.02. The highest BCUT2D eigenvalue weighted by molar-refractivity contribution is 6.35. The summed E-state index contributed by atoms with van der Waals surface area (Å²) in [5.41, 5.74) is 5.66. The number of rotatable bonds is 6. The van der Waals surface area contributed by atoms with Gasteiger partial charge >= 0.3 is 5.97 Å². The van der Waals surface area contributed by atoms with Crippen molar-refractivity contribution in [2.75, 3.05) is 0 Å². The van der Waals surface area contributed by atoms with Crippen LogP contribution in [0.5, 0.6) is 5.75 Å². The van der Waals surface area contributed by atoms with Gasteiger partial charge in [-0.1, -0.05) is 73.6 Å². The predicted octanol–water partition coefficient (Wildman–Crippen LogP) is 6.68. The first kappa shape index (κ1) is 20.6. The van der Waals surface area contributed by atoms with Crippen molar-refractivity contribution < 1.29 is 9.53 Å². The number of carbonyl (C=O) groups is 1. The van der Waals surface area contributed by atoms with Gasteiger partial charge in [-0.25, -0.2) is 4.79 Å². The number of ether oxygens (including phenoxy) is 1. The van der Waals surface area contributed by atoms with Gasteiger partial charge in [0.2, 0.25) is 0 Å². The Hall–Kier alpha value is -3.63. The van der Waals surface area contributed by atoms with E-state index in [0.29, 0.717) is 10.8 Å². The molecule has 0 radical (unpaired) electrons. The Morgan fingerprint density at radius 3 is 2.58 bits per heavy atom. The number of aromatic amines is 1. The summed E-state index contributed by atoms with van der Waals surface area (Å²) in [5.74, 6) is -0.0411. The van der Waals surface area contributed by atoms with E-state index in [4.69, 9.17) is 16.3 Å². The molecule has 0 saturated carbocycles. The first-order valence-electron chi connectivity index (χ1n) is 9.97. The van der Waals surface area contributed by atoms with E-state index in [1.54, 1.807) is 12.3 Å². The Morgan fingerprint density at radius 2 is 1.84 bits per heavy atom. The summed E-state index contributed by atoms with van der Waals surface area (Å²) >= 11 is 6.58. The minimum absolute atomic E-state index is 0.465. The third-order valence-electron chi connectivity index (χ3n) is 5.10. The number of H-pyrrole nitrogens is 1. The molecule has 0 amide bonds. The molecule has 0 aliphatic heterocycles. The van der Waals surface area contributed by atoms with Gasteiger partial charge in [0.15, 0.2) is 0 Å². The molecule has 4 rings (SSSR count). The first-order valence-corrected chi connectivity index (χ1v) is 10.4. The van der Waals surface area contributed by atoms with E-state index in [1.807, 2.05) is 48.5 Å². The highest BCUT2D eigenvalue weighted by Crippen LogP contribution is 2.40. The third-order valence-corrected chi connectivity index (χ3v) is 5.40. The molecular formula is C26H21ClN2O2. The molecule has 0 bridgehead atoms.